The molecule has 0 spiro atoms. The summed E-state index contributed by atoms with van der Waals surface area (Å²) in [5, 5.41) is 3.11. The van der Waals surface area contributed by atoms with E-state index in [0.29, 0.717) is 5.75 Å². The van der Waals surface area contributed by atoms with Gasteiger partial charge in [-0.25, -0.2) is 0 Å². The maximum atomic E-state index is 12.5. The van der Waals surface area contributed by atoms with E-state index >= 15 is 0 Å². The number of hydrogen-bond donors (Lipinski definition) is 1. The highest BCUT2D eigenvalue weighted by Gasteiger charge is 2.34. The minimum absolute atomic E-state index is 0.00611. The molecule has 1 heterocycles. The van der Waals surface area contributed by atoms with Gasteiger partial charge < -0.3 is 14.8 Å². The van der Waals surface area contributed by atoms with Gasteiger partial charge in [-0.15, -0.1) is 0 Å². The molecule has 0 aromatic heterocycles. The number of carbonyl (C=O) groups is 1. The van der Waals surface area contributed by atoms with Crippen LogP contribution in [0.4, 0.5) is 0 Å². The van der Waals surface area contributed by atoms with E-state index in [2.05, 4.69) is 26.1 Å². The SMILES string of the molecule is Cc1ccc2c(c1)OC(C)(C)C[C@@H]2NC(=O)COc1ccc(C(C)(C)C)cc1. The van der Waals surface area contributed by atoms with E-state index in [0.717, 1.165) is 23.3 Å². The van der Waals surface area contributed by atoms with Gasteiger partial charge >= 0.3 is 0 Å². The Labute approximate surface area is 168 Å². The molecule has 150 valence electrons. The molecule has 0 bridgehead atoms. The van der Waals surface area contributed by atoms with Gasteiger partial charge in [-0.3, -0.25) is 4.79 Å². The first-order valence-corrected chi connectivity index (χ1v) is 9.86. The fraction of sp³-hybridized carbons (Fsp3) is 0.458. The van der Waals surface area contributed by atoms with E-state index in [-0.39, 0.29) is 29.6 Å². The van der Waals surface area contributed by atoms with Gasteiger partial charge in [0.1, 0.15) is 17.1 Å². The van der Waals surface area contributed by atoms with Crippen LogP contribution in [0.5, 0.6) is 11.5 Å². The average molecular weight is 382 g/mol. The highest BCUT2D eigenvalue weighted by Crippen LogP contribution is 2.39. The maximum absolute atomic E-state index is 12.5. The number of hydrogen-bond acceptors (Lipinski definition) is 3. The molecule has 1 amide bonds. The zero-order valence-corrected chi connectivity index (χ0v) is 17.8. The smallest absolute Gasteiger partial charge is 0.258 e. The summed E-state index contributed by atoms with van der Waals surface area (Å²) in [5.74, 6) is 1.42. The largest absolute Gasteiger partial charge is 0.487 e. The lowest BCUT2D eigenvalue weighted by Gasteiger charge is -2.38. The van der Waals surface area contributed by atoms with E-state index in [9.17, 15) is 4.79 Å². The first-order chi connectivity index (χ1) is 13.0. The standard InChI is InChI=1S/C24H31NO3/c1-16-7-12-19-20(14-24(5,6)28-21(19)13-16)25-22(26)15-27-18-10-8-17(9-11-18)23(2,3)4/h7-13,20H,14-15H2,1-6H3,(H,25,26)/t20-/m0/s1. The van der Waals surface area contributed by atoms with Crippen molar-refractivity contribution in [2.75, 3.05) is 6.61 Å². The summed E-state index contributed by atoms with van der Waals surface area (Å²) in [6, 6.07) is 14.0. The van der Waals surface area contributed by atoms with Crippen molar-refractivity contribution in [3.05, 3.63) is 59.2 Å². The molecule has 1 N–H and O–H groups in total. The van der Waals surface area contributed by atoms with Crippen LogP contribution < -0.4 is 14.8 Å². The van der Waals surface area contributed by atoms with Crippen LogP contribution in [0, 0.1) is 6.92 Å². The van der Waals surface area contributed by atoms with Crippen molar-refractivity contribution in [1.29, 1.82) is 0 Å². The summed E-state index contributed by atoms with van der Waals surface area (Å²) >= 11 is 0. The Balaban J connectivity index is 1.63. The highest BCUT2D eigenvalue weighted by molar-refractivity contribution is 5.78. The summed E-state index contributed by atoms with van der Waals surface area (Å²) in [6.45, 7) is 12.6. The summed E-state index contributed by atoms with van der Waals surface area (Å²) in [4.78, 5) is 12.5. The molecule has 4 heteroatoms. The molecule has 28 heavy (non-hydrogen) atoms. The molecule has 0 aliphatic carbocycles. The van der Waals surface area contributed by atoms with E-state index in [1.54, 1.807) is 0 Å². The number of nitrogens with one attached hydrogen (secondary N) is 1. The second kappa shape index (κ2) is 7.50. The molecule has 1 atom stereocenters. The van der Waals surface area contributed by atoms with Crippen molar-refractivity contribution in [1.82, 2.24) is 5.32 Å². The lowest BCUT2D eigenvalue weighted by atomic mass is 9.87. The van der Waals surface area contributed by atoms with E-state index in [1.807, 2.05) is 63.2 Å². The topological polar surface area (TPSA) is 47.6 Å². The van der Waals surface area contributed by atoms with E-state index < -0.39 is 0 Å². The fourth-order valence-corrected chi connectivity index (χ4v) is 3.52. The molecule has 1 aliphatic rings. The van der Waals surface area contributed by atoms with Gasteiger partial charge in [0.2, 0.25) is 0 Å². The second-order valence-corrected chi connectivity index (χ2v) is 9.29. The van der Waals surface area contributed by atoms with Crippen LogP contribution in [0.3, 0.4) is 0 Å². The number of carbonyl (C=O) groups excluding carboxylic acids is 1. The third-order valence-electron chi connectivity index (χ3n) is 5.05. The number of aryl methyl sites for hydroxylation is 1. The van der Waals surface area contributed by atoms with E-state index in [4.69, 9.17) is 9.47 Å². The van der Waals surface area contributed by atoms with Crippen LogP contribution in [0.25, 0.3) is 0 Å². The third kappa shape index (κ3) is 4.86. The quantitative estimate of drug-likeness (QED) is 0.802. The van der Waals surface area contributed by atoms with Crippen LogP contribution in [0.15, 0.2) is 42.5 Å². The zero-order valence-electron chi connectivity index (χ0n) is 17.8. The molecule has 0 saturated heterocycles. The number of amides is 1. The minimum atomic E-state index is -0.331. The molecule has 0 fully saturated rings. The molecule has 4 nitrogen and oxygen atoms in total. The number of rotatable bonds is 4. The predicted octanol–water partition coefficient (Wildman–Crippen LogP) is 5.09. The Hall–Kier alpha value is -2.49. The highest BCUT2D eigenvalue weighted by atomic mass is 16.5. The van der Waals surface area contributed by atoms with Crippen molar-refractivity contribution in [2.45, 2.75) is 65.0 Å². The molecule has 0 saturated carbocycles. The summed E-state index contributed by atoms with van der Waals surface area (Å²) in [6.07, 6.45) is 0.717. The monoisotopic (exact) mass is 381 g/mol. The average Bonchev–Trinajstić information content (AvgIpc) is 2.58. The van der Waals surface area contributed by atoms with E-state index in [1.165, 1.54) is 5.56 Å². The summed E-state index contributed by atoms with van der Waals surface area (Å²) < 4.78 is 11.8. The summed E-state index contributed by atoms with van der Waals surface area (Å²) in [5.41, 5.74) is 3.16. The number of benzene rings is 2. The molecular weight excluding hydrogens is 350 g/mol. The first kappa shape index (κ1) is 20.2. The van der Waals surface area contributed by atoms with Crippen molar-refractivity contribution in [2.24, 2.45) is 0 Å². The Morgan fingerprint density at radius 2 is 1.86 bits per heavy atom. The van der Waals surface area contributed by atoms with Gasteiger partial charge in [-0.1, -0.05) is 45.0 Å². The molecule has 0 radical (unpaired) electrons. The Bertz CT molecular complexity index is 847. The number of fused-ring (bicyclic) bond motifs is 1. The Kier molecular flexibility index (Phi) is 5.42. The van der Waals surface area contributed by atoms with Crippen LogP contribution >= 0.6 is 0 Å². The van der Waals surface area contributed by atoms with Crippen molar-refractivity contribution in [3.63, 3.8) is 0 Å². The molecular formula is C24H31NO3. The third-order valence-corrected chi connectivity index (χ3v) is 5.05. The van der Waals surface area contributed by atoms with Gasteiger partial charge in [0.25, 0.3) is 5.91 Å². The molecule has 1 aliphatic heterocycles. The lowest BCUT2D eigenvalue weighted by Crippen LogP contribution is -2.42. The molecule has 3 rings (SSSR count). The van der Waals surface area contributed by atoms with Crippen molar-refractivity contribution < 1.29 is 14.3 Å². The maximum Gasteiger partial charge on any atom is 0.258 e. The van der Waals surface area contributed by atoms with Gasteiger partial charge in [-0.2, -0.15) is 0 Å². The molecule has 2 aromatic carbocycles. The second-order valence-electron chi connectivity index (χ2n) is 9.29. The Morgan fingerprint density at radius 1 is 1.18 bits per heavy atom. The summed E-state index contributed by atoms with van der Waals surface area (Å²) in [7, 11) is 0. The van der Waals surface area contributed by atoms with Crippen LogP contribution in [-0.4, -0.2) is 18.1 Å². The predicted molar refractivity (Wildman–Crippen MR) is 112 cm³/mol. The normalized spacial score (nSPS) is 18.0. The van der Waals surface area contributed by atoms with Gasteiger partial charge in [0.15, 0.2) is 6.61 Å². The van der Waals surface area contributed by atoms with Crippen molar-refractivity contribution in [3.8, 4) is 11.5 Å². The van der Waals surface area contributed by atoms with Gasteiger partial charge in [0.05, 0.1) is 6.04 Å². The minimum Gasteiger partial charge on any atom is -0.487 e. The van der Waals surface area contributed by atoms with Crippen LogP contribution in [0.2, 0.25) is 0 Å². The molecule has 2 aromatic rings. The van der Waals surface area contributed by atoms with Crippen molar-refractivity contribution >= 4 is 5.91 Å². The van der Waals surface area contributed by atoms with Crippen LogP contribution in [0.1, 0.15) is 63.8 Å². The first-order valence-electron chi connectivity index (χ1n) is 9.86. The van der Waals surface area contributed by atoms with Gasteiger partial charge in [0, 0.05) is 12.0 Å². The van der Waals surface area contributed by atoms with Crippen LogP contribution in [-0.2, 0) is 10.2 Å². The zero-order chi connectivity index (χ0) is 20.5. The van der Waals surface area contributed by atoms with Gasteiger partial charge in [-0.05, 0) is 55.5 Å². The molecule has 0 unspecified atom stereocenters. The fourth-order valence-electron chi connectivity index (χ4n) is 3.52. The lowest BCUT2D eigenvalue weighted by molar-refractivity contribution is -0.124. The number of ether oxygens (including phenoxy) is 2. The Morgan fingerprint density at radius 3 is 2.50 bits per heavy atom.